The quantitative estimate of drug-likeness (QED) is 0.143. The first-order valence-corrected chi connectivity index (χ1v) is 11.6. The van der Waals surface area contributed by atoms with Gasteiger partial charge < -0.3 is 24.7 Å². The van der Waals surface area contributed by atoms with E-state index in [-0.39, 0.29) is 24.0 Å². The van der Waals surface area contributed by atoms with Gasteiger partial charge in [-0.15, -0.1) is 24.0 Å². The number of ether oxygens (including phenoxy) is 2. The first kappa shape index (κ1) is 27.7. The number of halogens is 1. The molecule has 1 aromatic heterocycles. The minimum Gasteiger partial charge on any atom is -0.491 e. The van der Waals surface area contributed by atoms with Crippen molar-refractivity contribution in [2.45, 2.75) is 40.4 Å². The third-order valence-electron chi connectivity index (χ3n) is 5.08. The first-order chi connectivity index (χ1) is 16.2. The minimum absolute atomic E-state index is 0. The Labute approximate surface area is 220 Å². The van der Waals surface area contributed by atoms with E-state index in [1.807, 2.05) is 25.4 Å². The molecule has 184 valence electrons. The van der Waals surface area contributed by atoms with Gasteiger partial charge in [-0.2, -0.15) is 0 Å². The molecule has 3 aromatic rings. The average Bonchev–Trinajstić information content (AvgIpc) is 3.27. The van der Waals surface area contributed by atoms with Gasteiger partial charge in [0.25, 0.3) is 0 Å². The van der Waals surface area contributed by atoms with Crippen molar-refractivity contribution in [3.63, 3.8) is 0 Å². The van der Waals surface area contributed by atoms with Crippen molar-refractivity contribution in [1.82, 2.24) is 20.2 Å². The fourth-order valence-corrected chi connectivity index (χ4v) is 3.38. The highest BCUT2D eigenvalue weighted by molar-refractivity contribution is 14.0. The first-order valence-electron chi connectivity index (χ1n) is 11.6. The van der Waals surface area contributed by atoms with Crippen molar-refractivity contribution < 1.29 is 9.47 Å². The van der Waals surface area contributed by atoms with Gasteiger partial charge in [-0.25, -0.2) is 9.98 Å². The zero-order valence-electron chi connectivity index (χ0n) is 20.3. The van der Waals surface area contributed by atoms with E-state index in [4.69, 9.17) is 14.5 Å². The number of guanidine groups is 1. The number of benzene rings is 2. The molecule has 3 rings (SSSR count). The Morgan fingerprint density at radius 1 is 1.06 bits per heavy atom. The van der Waals surface area contributed by atoms with Crippen LogP contribution in [0, 0.1) is 6.92 Å². The van der Waals surface area contributed by atoms with Crippen LogP contribution >= 0.6 is 24.0 Å². The van der Waals surface area contributed by atoms with Crippen molar-refractivity contribution in [3.05, 3.63) is 83.4 Å². The van der Waals surface area contributed by atoms with Crippen LogP contribution in [-0.4, -0.2) is 41.9 Å². The van der Waals surface area contributed by atoms with Crippen LogP contribution in [0.15, 0.2) is 65.9 Å². The highest BCUT2D eigenvalue weighted by Crippen LogP contribution is 2.21. The summed E-state index contributed by atoms with van der Waals surface area (Å²) in [5.74, 6) is 2.56. The molecule has 0 saturated heterocycles. The zero-order valence-corrected chi connectivity index (χ0v) is 22.6. The maximum Gasteiger partial charge on any atom is 0.191 e. The van der Waals surface area contributed by atoms with Crippen molar-refractivity contribution in [2.24, 2.45) is 4.99 Å². The average molecular weight is 578 g/mol. The van der Waals surface area contributed by atoms with Crippen LogP contribution in [0.3, 0.4) is 0 Å². The molecule has 0 aliphatic heterocycles. The lowest BCUT2D eigenvalue weighted by Gasteiger charge is -2.14. The van der Waals surface area contributed by atoms with E-state index in [1.165, 1.54) is 5.56 Å². The number of aliphatic imine (C=N–C) groups is 1. The molecular formula is C26H36IN5O2. The number of nitrogens with one attached hydrogen (secondary N) is 2. The highest BCUT2D eigenvalue weighted by Gasteiger charge is 2.08. The fourth-order valence-electron chi connectivity index (χ4n) is 3.38. The molecule has 2 aromatic carbocycles. The third kappa shape index (κ3) is 8.98. The Morgan fingerprint density at radius 2 is 1.88 bits per heavy atom. The lowest BCUT2D eigenvalue weighted by Crippen LogP contribution is -2.37. The molecule has 0 aliphatic rings. The molecule has 2 N–H and O–H groups in total. The van der Waals surface area contributed by atoms with E-state index in [0.29, 0.717) is 32.9 Å². The molecule has 0 bridgehead atoms. The predicted octanol–water partition coefficient (Wildman–Crippen LogP) is 4.53. The maximum absolute atomic E-state index is 5.96. The van der Waals surface area contributed by atoms with Gasteiger partial charge in [-0.3, -0.25) is 0 Å². The van der Waals surface area contributed by atoms with Crippen LogP contribution in [0.4, 0.5) is 0 Å². The van der Waals surface area contributed by atoms with Gasteiger partial charge in [0.05, 0.1) is 19.7 Å². The van der Waals surface area contributed by atoms with Gasteiger partial charge in [0.2, 0.25) is 0 Å². The standard InChI is InChI=1S/C26H35N5O2.HI/c1-4-27-26(29-18-23-12-11-21(3)17-24(23)33-16-15-32-5-2)30-19-25-28-13-14-31(25)20-22-9-7-6-8-10-22;/h6-14,17H,4-5,15-16,18-20H2,1-3H3,(H2,27,29,30);1H. The van der Waals surface area contributed by atoms with Crippen molar-refractivity contribution in [1.29, 1.82) is 0 Å². The van der Waals surface area contributed by atoms with Crippen LogP contribution in [0.25, 0.3) is 0 Å². The molecule has 0 atom stereocenters. The van der Waals surface area contributed by atoms with Gasteiger partial charge in [-0.1, -0.05) is 42.5 Å². The molecule has 0 saturated carbocycles. The Hall–Kier alpha value is -2.59. The zero-order chi connectivity index (χ0) is 23.3. The van der Waals surface area contributed by atoms with Crippen LogP contribution in [0.2, 0.25) is 0 Å². The van der Waals surface area contributed by atoms with E-state index in [1.54, 1.807) is 0 Å². The van der Waals surface area contributed by atoms with Gasteiger partial charge in [0.1, 0.15) is 18.2 Å². The molecule has 34 heavy (non-hydrogen) atoms. The smallest absolute Gasteiger partial charge is 0.191 e. The molecular weight excluding hydrogens is 541 g/mol. The van der Waals surface area contributed by atoms with E-state index in [9.17, 15) is 0 Å². The van der Waals surface area contributed by atoms with E-state index in [2.05, 4.69) is 76.5 Å². The number of hydrogen-bond acceptors (Lipinski definition) is 4. The van der Waals surface area contributed by atoms with Crippen molar-refractivity contribution >= 4 is 29.9 Å². The maximum atomic E-state index is 5.96. The number of aromatic nitrogens is 2. The molecule has 0 aliphatic carbocycles. The van der Waals surface area contributed by atoms with E-state index < -0.39 is 0 Å². The lowest BCUT2D eigenvalue weighted by atomic mass is 10.1. The van der Waals surface area contributed by atoms with Gasteiger partial charge in [-0.05, 0) is 38.0 Å². The summed E-state index contributed by atoms with van der Waals surface area (Å²) in [5.41, 5.74) is 3.44. The largest absolute Gasteiger partial charge is 0.491 e. The van der Waals surface area contributed by atoms with Crippen LogP contribution in [0.1, 0.15) is 36.4 Å². The van der Waals surface area contributed by atoms with E-state index >= 15 is 0 Å². The predicted molar refractivity (Wildman–Crippen MR) is 148 cm³/mol. The summed E-state index contributed by atoms with van der Waals surface area (Å²) in [5, 5.41) is 6.72. The van der Waals surface area contributed by atoms with Crippen molar-refractivity contribution in [3.8, 4) is 5.75 Å². The second-order valence-corrected chi connectivity index (χ2v) is 7.66. The van der Waals surface area contributed by atoms with Gasteiger partial charge in [0, 0.05) is 37.7 Å². The monoisotopic (exact) mass is 577 g/mol. The summed E-state index contributed by atoms with van der Waals surface area (Å²) >= 11 is 0. The molecule has 1 heterocycles. The molecule has 7 nitrogen and oxygen atoms in total. The number of nitrogens with zero attached hydrogens (tertiary/aromatic N) is 3. The Kier molecular flexibility index (Phi) is 12.5. The molecule has 0 fully saturated rings. The Balaban J connectivity index is 0.00000408. The lowest BCUT2D eigenvalue weighted by molar-refractivity contribution is 0.110. The summed E-state index contributed by atoms with van der Waals surface area (Å²) in [4.78, 5) is 9.30. The fraction of sp³-hybridized carbons (Fsp3) is 0.385. The number of imidazole rings is 1. The van der Waals surface area contributed by atoms with Crippen LogP contribution < -0.4 is 15.4 Å². The van der Waals surface area contributed by atoms with Crippen LogP contribution in [0.5, 0.6) is 5.75 Å². The normalized spacial score (nSPS) is 11.1. The van der Waals surface area contributed by atoms with E-state index in [0.717, 1.165) is 41.7 Å². The molecule has 0 radical (unpaired) electrons. The summed E-state index contributed by atoms with van der Waals surface area (Å²) < 4.78 is 13.5. The minimum atomic E-state index is 0. The third-order valence-corrected chi connectivity index (χ3v) is 5.08. The molecule has 0 spiro atoms. The van der Waals surface area contributed by atoms with Crippen LogP contribution in [-0.2, 0) is 24.4 Å². The Morgan fingerprint density at radius 3 is 2.65 bits per heavy atom. The summed E-state index contributed by atoms with van der Waals surface area (Å²) in [6.07, 6.45) is 3.84. The number of hydrogen-bond donors (Lipinski definition) is 2. The van der Waals surface area contributed by atoms with Gasteiger partial charge >= 0.3 is 0 Å². The second kappa shape index (κ2) is 15.3. The van der Waals surface area contributed by atoms with Crippen molar-refractivity contribution in [2.75, 3.05) is 26.4 Å². The molecule has 8 heteroatoms. The Bertz CT molecular complexity index is 1010. The highest BCUT2D eigenvalue weighted by atomic mass is 127. The molecule has 0 unspecified atom stereocenters. The summed E-state index contributed by atoms with van der Waals surface area (Å²) in [6.45, 7) is 10.5. The van der Waals surface area contributed by atoms with Gasteiger partial charge in [0.15, 0.2) is 5.96 Å². The summed E-state index contributed by atoms with van der Waals surface area (Å²) in [7, 11) is 0. The topological polar surface area (TPSA) is 72.7 Å². The molecule has 0 amide bonds. The number of aryl methyl sites for hydroxylation is 1. The SMILES string of the molecule is CCNC(=NCc1ccc(C)cc1OCCOCC)NCc1nccn1Cc1ccccc1.I. The summed E-state index contributed by atoms with van der Waals surface area (Å²) in [6, 6.07) is 16.6. The number of rotatable bonds is 12. The second-order valence-electron chi connectivity index (χ2n) is 7.66.